The molecule has 2 aromatic rings. The Balaban J connectivity index is 1.58. The summed E-state index contributed by atoms with van der Waals surface area (Å²) in [6.45, 7) is 9.97. The molecule has 0 radical (unpaired) electrons. The average molecular weight is 357 g/mol. The van der Waals surface area contributed by atoms with Crippen LogP contribution >= 0.6 is 0 Å². The molecule has 3 heterocycles. The number of aryl methyl sites for hydroxylation is 2. The molecule has 1 aromatic carbocycles. The summed E-state index contributed by atoms with van der Waals surface area (Å²) in [6, 6.07) is 6.27. The van der Waals surface area contributed by atoms with Gasteiger partial charge in [0.25, 0.3) is 5.56 Å². The van der Waals surface area contributed by atoms with Gasteiger partial charge in [-0.25, -0.2) is 0 Å². The predicted octanol–water partition coefficient (Wildman–Crippen LogP) is 1.34. The SMILES string of the molecule is Cc1cc(C)c2[nH]c(=O)c(CN3CCO[C@]4(CNCCOC4)C3)cc2c1. The minimum atomic E-state index is -0.314. The van der Waals surface area contributed by atoms with Crippen LogP contribution in [0.3, 0.4) is 0 Å². The fraction of sp³-hybridized carbons (Fsp3) is 0.550. The molecule has 140 valence electrons. The quantitative estimate of drug-likeness (QED) is 0.849. The Labute approximate surface area is 153 Å². The Bertz CT molecular complexity index is 853. The molecule has 0 unspecified atom stereocenters. The summed E-state index contributed by atoms with van der Waals surface area (Å²) in [5.74, 6) is 0. The third-order valence-electron chi connectivity index (χ3n) is 5.33. The lowest BCUT2D eigenvalue weighted by atomic mass is 10.0. The van der Waals surface area contributed by atoms with Crippen molar-refractivity contribution in [2.24, 2.45) is 0 Å². The minimum Gasteiger partial charge on any atom is -0.377 e. The van der Waals surface area contributed by atoms with E-state index in [0.29, 0.717) is 26.4 Å². The van der Waals surface area contributed by atoms with Crippen LogP contribution in [-0.4, -0.2) is 61.5 Å². The first-order valence-corrected chi connectivity index (χ1v) is 9.33. The number of aromatic nitrogens is 1. The van der Waals surface area contributed by atoms with E-state index >= 15 is 0 Å². The lowest BCUT2D eigenvalue weighted by Gasteiger charge is -2.41. The Morgan fingerprint density at radius 1 is 1.23 bits per heavy atom. The number of ether oxygens (including phenoxy) is 2. The highest BCUT2D eigenvalue weighted by molar-refractivity contribution is 5.82. The first kappa shape index (κ1) is 17.7. The number of nitrogens with zero attached hydrogens (tertiary/aromatic N) is 1. The molecule has 4 rings (SSSR count). The van der Waals surface area contributed by atoms with E-state index < -0.39 is 0 Å². The van der Waals surface area contributed by atoms with Gasteiger partial charge in [0.2, 0.25) is 0 Å². The number of nitrogens with one attached hydrogen (secondary N) is 2. The second-order valence-electron chi connectivity index (χ2n) is 7.64. The molecule has 0 amide bonds. The molecule has 6 nitrogen and oxygen atoms in total. The van der Waals surface area contributed by atoms with E-state index in [4.69, 9.17) is 9.47 Å². The second-order valence-corrected chi connectivity index (χ2v) is 7.64. The molecule has 0 bridgehead atoms. The largest absolute Gasteiger partial charge is 0.377 e. The summed E-state index contributed by atoms with van der Waals surface area (Å²) < 4.78 is 11.8. The molecule has 6 heteroatoms. The Kier molecular flexibility index (Phi) is 4.84. The van der Waals surface area contributed by atoms with Crippen molar-refractivity contribution < 1.29 is 9.47 Å². The molecule has 0 saturated carbocycles. The normalized spacial score (nSPS) is 24.8. The van der Waals surface area contributed by atoms with E-state index in [1.807, 2.05) is 13.0 Å². The van der Waals surface area contributed by atoms with Gasteiger partial charge in [0.05, 0.1) is 25.3 Å². The van der Waals surface area contributed by atoms with Crippen LogP contribution in [0.4, 0.5) is 0 Å². The maximum atomic E-state index is 12.6. The van der Waals surface area contributed by atoms with Gasteiger partial charge in [0.15, 0.2) is 0 Å². The molecule has 1 atom stereocenters. The van der Waals surface area contributed by atoms with Gasteiger partial charge in [-0.05, 0) is 36.9 Å². The highest BCUT2D eigenvalue weighted by Crippen LogP contribution is 2.22. The van der Waals surface area contributed by atoms with E-state index in [2.05, 4.69) is 34.3 Å². The van der Waals surface area contributed by atoms with Gasteiger partial charge in [0, 0.05) is 38.3 Å². The molecular formula is C20H27N3O3. The van der Waals surface area contributed by atoms with Crippen molar-refractivity contribution in [3.05, 3.63) is 45.2 Å². The number of morpholine rings is 1. The number of hydrogen-bond donors (Lipinski definition) is 2. The van der Waals surface area contributed by atoms with Crippen molar-refractivity contribution in [2.75, 3.05) is 46.0 Å². The fourth-order valence-electron chi connectivity index (χ4n) is 4.11. The van der Waals surface area contributed by atoms with E-state index in [1.54, 1.807) is 0 Å². The molecule has 1 spiro atoms. The van der Waals surface area contributed by atoms with E-state index in [-0.39, 0.29) is 11.2 Å². The van der Waals surface area contributed by atoms with Crippen LogP contribution < -0.4 is 10.9 Å². The Morgan fingerprint density at radius 2 is 2.12 bits per heavy atom. The molecule has 2 saturated heterocycles. The maximum Gasteiger partial charge on any atom is 0.252 e. The van der Waals surface area contributed by atoms with E-state index in [1.165, 1.54) is 5.56 Å². The van der Waals surface area contributed by atoms with Gasteiger partial charge in [-0.3, -0.25) is 9.69 Å². The number of rotatable bonds is 2. The number of fused-ring (bicyclic) bond motifs is 1. The van der Waals surface area contributed by atoms with Crippen molar-refractivity contribution in [1.82, 2.24) is 15.2 Å². The highest BCUT2D eigenvalue weighted by atomic mass is 16.5. The number of aromatic amines is 1. The van der Waals surface area contributed by atoms with Gasteiger partial charge < -0.3 is 19.8 Å². The van der Waals surface area contributed by atoms with Crippen LogP contribution in [0.5, 0.6) is 0 Å². The number of hydrogen-bond acceptors (Lipinski definition) is 5. The van der Waals surface area contributed by atoms with Gasteiger partial charge in [-0.2, -0.15) is 0 Å². The van der Waals surface area contributed by atoms with Crippen LogP contribution in [0, 0.1) is 13.8 Å². The molecule has 2 N–H and O–H groups in total. The summed E-state index contributed by atoms with van der Waals surface area (Å²) >= 11 is 0. The summed E-state index contributed by atoms with van der Waals surface area (Å²) in [5.41, 5.74) is 3.74. The monoisotopic (exact) mass is 357 g/mol. The smallest absolute Gasteiger partial charge is 0.252 e. The Morgan fingerprint density at radius 3 is 3.00 bits per heavy atom. The van der Waals surface area contributed by atoms with Crippen molar-refractivity contribution >= 4 is 10.9 Å². The molecule has 0 aliphatic carbocycles. The first-order chi connectivity index (χ1) is 12.5. The molecule has 2 aliphatic rings. The summed E-state index contributed by atoms with van der Waals surface area (Å²) in [4.78, 5) is 18.0. The number of H-pyrrole nitrogens is 1. The van der Waals surface area contributed by atoms with Crippen molar-refractivity contribution in [3.63, 3.8) is 0 Å². The topological polar surface area (TPSA) is 66.6 Å². The van der Waals surface area contributed by atoms with Gasteiger partial charge >= 0.3 is 0 Å². The highest BCUT2D eigenvalue weighted by Gasteiger charge is 2.38. The first-order valence-electron chi connectivity index (χ1n) is 9.33. The lowest BCUT2D eigenvalue weighted by Crippen LogP contribution is -2.58. The van der Waals surface area contributed by atoms with Gasteiger partial charge in [-0.1, -0.05) is 11.6 Å². The molecule has 2 aliphatic heterocycles. The molecule has 2 fully saturated rings. The maximum absolute atomic E-state index is 12.6. The average Bonchev–Trinajstić information content (AvgIpc) is 2.82. The van der Waals surface area contributed by atoms with Crippen LogP contribution in [0.15, 0.2) is 23.0 Å². The molecular weight excluding hydrogens is 330 g/mol. The predicted molar refractivity (Wildman–Crippen MR) is 102 cm³/mol. The lowest BCUT2D eigenvalue weighted by molar-refractivity contribution is -0.135. The number of benzene rings is 1. The summed E-state index contributed by atoms with van der Waals surface area (Å²) in [7, 11) is 0. The summed E-state index contributed by atoms with van der Waals surface area (Å²) in [5, 5.41) is 4.49. The van der Waals surface area contributed by atoms with Crippen LogP contribution in [0.25, 0.3) is 10.9 Å². The number of pyridine rings is 1. The van der Waals surface area contributed by atoms with E-state index in [9.17, 15) is 4.79 Å². The van der Waals surface area contributed by atoms with Gasteiger partial charge in [-0.15, -0.1) is 0 Å². The minimum absolute atomic E-state index is 0.000219. The molecule has 26 heavy (non-hydrogen) atoms. The van der Waals surface area contributed by atoms with Crippen LogP contribution in [0.1, 0.15) is 16.7 Å². The third-order valence-corrected chi connectivity index (χ3v) is 5.33. The van der Waals surface area contributed by atoms with Crippen molar-refractivity contribution in [2.45, 2.75) is 26.0 Å². The van der Waals surface area contributed by atoms with Crippen molar-refractivity contribution in [3.8, 4) is 0 Å². The third kappa shape index (κ3) is 3.55. The second kappa shape index (κ2) is 7.12. The van der Waals surface area contributed by atoms with Gasteiger partial charge in [0.1, 0.15) is 5.60 Å². The zero-order valence-corrected chi connectivity index (χ0v) is 15.6. The van der Waals surface area contributed by atoms with Crippen molar-refractivity contribution in [1.29, 1.82) is 0 Å². The summed E-state index contributed by atoms with van der Waals surface area (Å²) in [6.07, 6.45) is 0. The fourth-order valence-corrected chi connectivity index (χ4v) is 4.11. The van der Waals surface area contributed by atoms with Crippen LogP contribution in [-0.2, 0) is 16.0 Å². The Hall–Kier alpha value is -1.73. The standard InChI is InChI=1S/C20H27N3O3/c1-14-7-15(2)18-16(8-14)9-17(19(24)22-18)10-23-4-6-26-20(12-23)11-21-3-5-25-13-20/h7-9,21H,3-6,10-13H2,1-2H3,(H,22,24)/t20-/m1/s1. The molecule has 1 aromatic heterocycles. The zero-order valence-electron chi connectivity index (χ0n) is 15.6. The van der Waals surface area contributed by atoms with E-state index in [0.717, 1.165) is 48.2 Å². The zero-order chi connectivity index (χ0) is 18.1. The van der Waals surface area contributed by atoms with Crippen LogP contribution in [0.2, 0.25) is 0 Å².